The molecule has 0 saturated carbocycles. The average Bonchev–Trinajstić information content (AvgIpc) is 3.34. The Hall–Kier alpha value is -4.60. The number of aromatic amines is 1. The summed E-state index contributed by atoms with van der Waals surface area (Å²) in [6.45, 7) is 0.491. The number of alkyl halides is 3. The first-order valence-corrected chi connectivity index (χ1v) is 10.8. The zero-order valence-corrected chi connectivity index (χ0v) is 18.8. The van der Waals surface area contributed by atoms with E-state index in [1.54, 1.807) is 29.2 Å². The highest BCUT2D eigenvalue weighted by molar-refractivity contribution is 5.94. The number of hydrogen-bond donors (Lipinski definition) is 2. The van der Waals surface area contributed by atoms with Crippen LogP contribution < -0.4 is 10.5 Å². The molecule has 1 heterocycles. The number of carbonyl (C=O) groups is 2. The molecule has 0 bridgehead atoms. The first-order valence-electron chi connectivity index (χ1n) is 10.8. The Morgan fingerprint density at radius 2 is 1.56 bits per heavy atom. The smallest absolute Gasteiger partial charge is 0.406 e. The van der Waals surface area contributed by atoms with Crippen LogP contribution in [0.4, 0.5) is 13.2 Å². The van der Waals surface area contributed by atoms with Gasteiger partial charge in [-0.15, -0.1) is 13.2 Å². The van der Waals surface area contributed by atoms with E-state index in [-0.39, 0.29) is 30.4 Å². The van der Waals surface area contributed by atoms with Crippen LogP contribution in [0, 0.1) is 0 Å². The molecular formula is C26H21F3N4O3. The first-order chi connectivity index (χ1) is 17.2. The maximum absolute atomic E-state index is 13.4. The molecule has 0 radical (unpaired) electrons. The number of hydrogen-bond acceptors (Lipinski definition) is 4. The van der Waals surface area contributed by atoms with Gasteiger partial charge in [-0.1, -0.05) is 42.5 Å². The van der Waals surface area contributed by atoms with Crippen molar-refractivity contribution in [3.63, 3.8) is 0 Å². The van der Waals surface area contributed by atoms with Crippen molar-refractivity contribution in [2.45, 2.75) is 19.5 Å². The average molecular weight is 494 g/mol. The summed E-state index contributed by atoms with van der Waals surface area (Å²) in [7, 11) is 0. The van der Waals surface area contributed by atoms with Gasteiger partial charge in [-0.25, -0.2) is 0 Å². The highest BCUT2D eigenvalue weighted by atomic mass is 19.4. The van der Waals surface area contributed by atoms with Crippen molar-refractivity contribution in [2.24, 2.45) is 5.73 Å². The summed E-state index contributed by atoms with van der Waals surface area (Å²) in [6, 6.07) is 22.8. The predicted molar refractivity (Wildman–Crippen MR) is 126 cm³/mol. The lowest BCUT2D eigenvalue weighted by Crippen LogP contribution is -2.30. The van der Waals surface area contributed by atoms with Crippen molar-refractivity contribution < 1.29 is 27.5 Å². The minimum absolute atomic E-state index is 0.197. The number of nitrogens with two attached hydrogens (primary N) is 1. The van der Waals surface area contributed by atoms with Crippen LogP contribution in [0.5, 0.6) is 5.75 Å². The highest BCUT2D eigenvalue weighted by Gasteiger charge is 2.31. The van der Waals surface area contributed by atoms with E-state index in [0.29, 0.717) is 16.8 Å². The van der Waals surface area contributed by atoms with E-state index in [4.69, 9.17) is 5.73 Å². The van der Waals surface area contributed by atoms with Gasteiger partial charge in [0.05, 0.1) is 5.69 Å². The number of ether oxygens (including phenoxy) is 1. The van der Waals surface area contributed by atoms with E-state index < -0.39 is 12.3 Å². The predicted octanol–water partition coefficient (Wildman–Crippen LogP) is 4.92. The lowest BCUT2D eigenvalue weighted by Gasteiger charge is -2.22. The molecule has 4 rings (SSSR count). The van der Waals surface area contributed by atoms with Crippen molar-refractivity contribution >= 4 is 11.8 Å². The zero-order valence-electron chi connectivity index (χ0n) is 18.8. The van der Waals surface area contributed by atoms with E-state index in [1.807, 2.05) is 30.3 Å². The second-order valence-electron chi connectivity index (χ2n) is 7.95. The summed E-state index contributed by atoms with van der Waals surface area (Å²) in [4.78, 5) is 26.6. The Kier molecular flexibility index (Phi) is 7.05. The molecule has 0 fully saturated rings. The molecule has 0 unspecified atom stereocenters. The fourth-order valence-corrected chi connectivity index (χ4v) is 3.62. The third-order valence-corrected chi connectivity index (χ3v) is 5.28. The Labute approximate surface area is 204 Å². The van der Waals surface area contributed by atoms with Crippen LogP contribution in [0.15, 0.2) is 84.9 Å². The molecule has 0 aliphatic rings. The monoisotopic (exact) mass is 494 g/mol. The summed E-state index contributed by atoms with van der Waals surface area (Å²) in [5, 5.41) is 6.86. The third-order valence-electron chi connectivity index (χ3n) is 5.28. The number of carbonyl (C=O) groups excluding carboxylic acids is 2. The molecule has 184 valence electrons. The van der Waals surface area contributed by atoms with Gasteiger partial charge in [0, 0.05) is 24.2 Å². The fourth-order valence-electron chi connectivity index (χ4n) is 3.62. The van der Waals surface area contributed by atoms with Crippen molar-refractivity contribution in [3.8, 4) is 17.0 Å². The van der Waals surface area contributed by atoms with Gasteiger partial charge < -0.3 is 15.4 Å². The van der Waals surface area contributed by atoms with Crippen LogP contribution in [0.25, 0.3) is 11.3 Å². The topological polar surface area (TPSA) is 101 Å². The Morgan fingerprint density at radius 1 is 0.889 bits per heavy atom. The van der Waals surface area contributed by atoms with Crippen molar-refractivity contribution in [1.82, 2.24) is 15.1 Å². The van der Waals surface area contributed by atoms with Crippen LogP contribution in [0.1, 0.15) is 32.0 Å². The van der Waals surface area contributed by atoms with Gasteiger partial charge in [0.2, 0.25) is 5.91 Å². The van der Waals surface area contributed by atoms with Crippen molar-refractivity contribution in [3.05, 3.63) is 107 Å². The molecule has 0 saturated heterocycles. The summed E-state index contributed by atoms with van der Waals surface area (Å²) < 4.78 is 41.1. The van der Waals surface area contributed by atoms with Gasteiger partial charge in [0.1, 0.15) is 11.4 Å². The molecule has 7 nitrogen and oxygen atoms in total. The SMILES string of the molecule is NC(=O)c1cccc(CN(Cc2ccccc2)C(=O)c2cc(-c3ccc(OC(F)(F)F)cc3)n[nH]2)c1. The fraction of sp³-hybridized carbons (Fsp3) is 0.115. The minimum atomic E-state index is -4.79. The van der Waals surface area contributed by atoms with Gasteiger partial charge in [-0.2, -0.15) is 5.10 Å². The maximum Gasteiger partial charge on any atom is 0.573 e. The van der Waals surface area contributed by atoms with Crippen molar-refractivity contribution in [2.75, 3.05) is 0 Å². The molecule has 2 amide bonds. The summed E-state index contributed by atoms with van der Waals surface area (Å²) in [6.07, 6.45) is -4.79. The second-order valence-corrected chi connectivity index (χ2v) is 7.95. The minimum Gasteiger partial charge on any atom is -0.406 e. The number of rotatable bonds is 8. The van der Waals surface area contributed by atoms with Gasteiger partial charge in [-0.3, -0.25) is 14.7 Å². The number of benzene rings is 3. The summed E-state index contributed by atoms with van der Waals surface area (Å²) >= 11 is 0. The molecule has 3 N–H and O–H groups in total. The summed E-state index contributed by atoms with van der Waals surface area (Å²) in [5.74, 6) is -1.27. The highest BCUT2D eigenvalue weighted by Crippen LogP contribution is 2.26. The number of amides is 2. The largest absolute Gasteiger partial charge is 0.573 e. The number of aromatic nitrogens is 2. The van der Waals surface area contributed by atoms with Crippen LogP contribution in [0.3, 0.4) is 0 Å². The number of nitrogens with one attached hydrogen (secondary N) is 1. The van der Waals surface area contributed by atoms with Crippen LogP contribution in [-0.2, 0) is 13.1 Å². The zero-order chi connectivity index (χ0) is 25.7. The lowest BCUT2D eigenvalue weighted by molar-refractivity contribution is -0.274. The molecule has 36 heavy (non-hydrogen) atoms. The molecule has 3 aromatic carbocycles. The molecule has 0 aliphatic heterocycles. The van der Waals surface area contributed by atoms with E-state index in [2.05, 4.69) is 14.9 Å². The van der Waals surface area contributed by atoms with Gasteiger partial charge >= 0.3 is 6.36 Å². The Bertz CT molecular complexity index is 1350. The van der Waals surface area contributed by atoms with E-state index in [1.165, 1.54) is 30.3 Å². The second kappa shape index (κ2) is 10.3. The standard InChI is InChI=1S/C26H21F3N4O3/c27-26(28,29)36-21-11-9-19(10-12-21)22-14-23(32-31-22)25(35)33(15-17-5-2-1-3-6-17)16-18-7-4-8-20(13-18)24(30)34/h1-14H,15-16H2,(H2,30,34)(H,31,32). The van der Waals surface area contributed by atoms with E-state index in [0.717, 1.165) is 11.1 Å². The van der Waals surface area contributed by atoms with Gasteiger partial charge in [0.25, 0.3) is 5.91 Å². The number of primary amides is 1. The Morgan fingerprint density at radius 3 is 2.22 bits per heavy atom. The molecule has 10 heteroatoms. The number of H-pyrrole nitrogens is 1. The van der Waals surface area contributed by atoms with Crippen LogP contribution in [-0.4, -0.2) is 33.3 Å². The first kappa shape index (κ1) is 24.5. The van der Waals surface area contributed by atoms with Crippen LogP contribution in [0.2, 0.25) is 0 Å². The van der Waals surface area contributed by atoms with Crippen LogP contribution >= 0.6 is 0 Å². The molecule has 1 aromatic heterocycles. The number of nitrogens with zero attached hydrogens (tertiary/aromatic N) is 2. The molecular weight excluding hydrogens is 473 g/mol. The van der Waals surface area contributed by atoms with Gasteiger partial charge in [-0.05, 0) is 53.6 Å². The quantitative estimate of drug-likeness (QED) is 0.363. The molecule has 0 aliphatic carbocycles. The van der Waals surface area contributed by atoms with E-state index >= 15 is 0 Å². The molecule has 4 aromatic rings. The van der Waals surface area contributed by atoms with E-state index in [9.17, 15) is 22.8 Å². The summed E-state index contributed by atoms with van der Waals surface area (Å²) in [5.41, 5.74) is 8.42. The third kappa shape index (κ3) is 6.29. The number of halogens is 3. The lowest BCUT2D eigenvalue weighted by atomic mass is 10.1. The Balaban J connectivity index is 1.57. The normalized spacial score (nSPS) is 11.2. The molecule has 0 spiro atoms. The molecule has 0 atom stereocenters. The van der Waals surface area contributed by atoms with Crippen molar-refractivity contribution in [1.29, 1.82) is 0 Å². The van der Waals surface area contributed by atoms with Gasteiger partial charge in [0.15, 0.2) is 0 Å². The maximum atomic E-state index is 13.4.